The molecule has 0 bridgehead atoms. The summed E-state index contributed by atoms with van der Waals surface area (Å²) in [6.45, 7) is -1.12. The second-order valence-electron chi connectivity index (χ2n) is 3.48. The lowest BCUT2D eigenvalue weighted by Gasteiger charge is -2.09. The number of anilines is 2. The van der Waals surface area contributed by atoms with E-state index in [1.807, 2.05) is 0 Å². The maximum Gasteiger partial charge on any atom is 0.405 e. The number of nitrogens with zero attached hydrogens (tertiary/aromatic N) is 2. The number of alkyl halides is 3. The lowest BCUT2D eigenvalue weighted by Crippen LogP contribution is -2.21. The van der Waals surface area contributed by atoms with E-state index in [-0.39, 0.29) is 5.82 Å². The third-order valence-electron chi connectivity index (χ3n) is 2.14. The smallest absolute Gasteiger partial charge is 0.382 e. The fourth-order valence-corrected chi connectivity index (χ4v) is 2.13. The Morgan fingerprint density at radius 1 is 1.28 bits per heavy atom. The van der Waals surface area contributed by atoms with E-state index < -0.39 is 12.7 Å². The van der Waals surface area contributed by atoms with Crippen molar-refractivity contribution in [3.63, 3.8) is 0 Å². The second kappa shape index (κ2) is 4.81. The van der Waals surface area contributed by atoms with Crippen molar-refractivity contribution in [2.75, 3.05) is 17.6 Å². The zero-order valence-corrected chi connectivity index (χ0v) is 9.85. The lowest BCUT2D eigenvalue weighted by molar-refractivity contribution is -0.115. The summed E-state index contributed by atoms with van der Waals surface area (Å²) < 4.78 is 40.4. The Morgan fingerprint density at radius 2 is 1.94 bits per heavy atom. The summed E-state index contributed by atoms with van der Waals surface area (Å²) in [6.07, 6.45) is -1.20. The van der Waals surface area contributed by atoms with Crippen LogP contribution in [0.15, 0.2) is 24.5 Å². The Bertz CT molecular complexity index is 524. The average molecular weight is 274 g/mol. The molecule has 0 radical (unpaired) electrons. The predicted molar refractivity (Wildman–Crippen MR) is 64.3 cm³/mol. The summed E-state index contributed by atoms with van der Waals surface area (Å²) in [5, 5.41) is 2.61. The summed E-state index contributed by atoms with van der Waals surface area (Å²) in [5.74, 6) is 0.205. The summed E-state index contributed by atoms with van der Waals surface area (Å²) in [7, 11) is 0. The lowest BCUT2D eigenvalue weighted by atomic mass is 10.1. The average Bonchev–Trinajstić information content (AvgIpc) is 2.68. The minimum Gasteiger partial charge on any atom is -0.382 e. The summed E-state index contributed by atoms with van der Waals surface area (Å²) in [5.41, 5.74) is 6.83. The molecule has 3 N–H and O–H groups in total. The molecule has 0 aliphatic carbocycles. The van der Waals surface area contributed by atoms with E-state index in [1.165, 1.54) is 0 Å². The van der Waals surface area contributed by atoms with Crippen molar-refractivity contribution in [2.45, 2.75) is 6.18 Å². The van der Waals surface area contributed by atoms with Gasteiger partial charge >= 0.3 is 6.18 Å². The van der Waals surface area contributed by atoms with Gasteiger partial charge in [-0.3, -0.25) is 4.98 Å². The van der Waals surface area contributed by atoms with Crippen molar-refractivity contribution in [3.05, 3.63) is 24.5 Å². The van der Waals surface area contributed by atoms with Gasteiger partial charge in [-0.15, -0.1) is 0 Å². The van der Waals surface area contributed by atoms with E-state index in [0.717, 1.165) is 11.5 Å². The first-order chi connectivity index (χ1) is 8.47. The molecule has 0 fully saturated rings. The summed E-state index contributed by atoms with van der Waals surface area (Å²) >= 11 is 0.905. The van der Waals surface area contributed by atoms with Crippen LogP contribution in [0.3, 0.4) is 0 Å². The zero-order chi connectivity index (χ0) is 13.2. The van der Waals surface area contributed by atoms with E-state index in [1.54, 1.807) is 24.5 Å². The Hall–Kier alpha value is -1.83. The molecule has 0 atom stereocenters. The summed E-state index contributed by atoms with van der Waals surface area (Å²) in [4.78, 5) is 3.84. The largest absolute Gasteiger partial charge is 0.405 e. The molecule has 0 amide bonds. The number of nitrogens with two attached hydrogens (primary N) is 1. The molecule has 0 spiro atoms. The molecular weight excluding hydrogens is 265 g/mol. The fraction of sp³-hybridized carbons (Fsp3) is 0.200. The van der Waals surface area contributed by atoms with Crippen molar-refractivity contribution < 1.29 is 13.2 Å². The first-order valence-electron chi connectivity index (χ1n) is 4.93. The van der Waals surface area contributed by atoms with Crippen molar-refractivity contribution in [1.82, 2.24) is 9.36 Å². The minimum absolute atomic E-state index is 0.205. The molecule has 2 aromatic heterocycles. The van der Waals surface area contributed by atoms with Crippen LogP contribution < -0.4 is 11.1 Å². The third-order valence-corrected chi connectivity index (χ3v) is 2.96. The van der Waals surface area contributed by atoms with E-state index in [2.05, 4.69) is 14.7 Å². The van der Waals surface area contributed by atoms with E-state index >= 15 is 0 Å². The van der Waals surface area contributed by atoms with Crippen LogP contribution in [-0.4, -0.2) is 22.1 Å². The fourth-order valence-electron chi connectivity index (χ4n) is 1.40. The maximum atomic E-state index is 12.2. The standard InChI is InChI=1S/C10H9F3N4S/c11-10(12,13)5-16-9-7(8(14)17-18-9)6-1-3-15-4-2-6/h1-4,16H,5H2,(H2,14,17). The highest BCUT2D eigenvalue weighted by molar-refractivity contribution is 7.11. The molecule has 2 heterocycles. The van der Waals surface area contributed by atoms with Crippen LogP contribution in [0.1, 0.15) is 0 Å². The Balaban J connectivity index is 2.28. The van der Waals surface area contributed by atoms with Gasteiger partial charge in [0, 0.05) is 12.4 Å². The molecule has 0 saturated heterocycles. The SMILES string of the molecule is Nc1nsc(NCC(F)(F)F)c1-c1ccncc1. The van der Waals surface area contributed by atoms with E-state index in [4.69, 9.17) is 5.73 Å². The number of hydrogen-bond donors (Lipinski definition) is 2. The molecule has 0 saturated carbocycles. The Labute approximate surface area is 105 Å². The topological polar surface area (TPSA) is 63.8 Å². The highest BCUT2D eigenvalue weighted by atomic mass is 32.1. The molecule has 2 aromatic rings. The highest BCUT2D eigenvalue weighted by Crippen LogP contribution is 2.36. The highest BCUT2D eigenvalue weighted by Gasteiger charge is 2.28. The van der Waals surface area contributed by atoms with Gasteiger partial charge in [-0.2, -0.15) is 17.5 Å². The van der Waals surface area contributed by atoms with Gasteiger partial charge in [-0.1, -0.05) is 0 Å². The summed E-state index contributed by atoms with van der Waals surface area (Å²) in [6, 6.07) is 3.33. The van der Waals surface area contributed by atoms with Gasteiger partial charge in [0.25, 0.3) is 0 Å². The number of rotatable bonds is 3. The predicted octanol–water partition coefficient (Wildman–Crippen LogP) is 2.76. The van der Waals surface area contributed by atoms with Gasteiger partial charge < -0.3 is 11.1 Å². The van der Waals surface area contributed by atoms with E-state index in [0.29, 0.717) is 16.1 Å². The molecule has 96 valence electrons. The minimum atomic E-state index is -4.28. The van der Waals surface area contributed by atoms with Crippen molar-refractivity contribution >= 4 is 22.4 Å². The molecule has 8 heteroatoms. The van der Waals surface area contributed by atoms with Crippen LogP contribution in [0.25, 0.3) is 11.1 Å². The normalized spacial score (nSPS) is 11.5. The van der Waals surface area contributed by atoms with Crippen LogP contribution in [0.5, 0.6) is 0 Å². The first kappa shape index (κ1) is 12.6. The number of pyridine rings is 1. The Morgan fingerprint density at radius 3 is 2.56 bits per heavy atom. The molecule has 0 aliphatic heterocycles. The second-order valence-corrected chi connectivity index (χ2v) is 4.25. The van der Waals surface area contributed by atoms with Gasteiger partial charge in [0.15, 0.2) is 0 Å². The van der Waals surface area contributed by atoms with Crippen LogP contribution in [0, 0.1) is 0 Å². The van der Waals surface area contributed by atoms with Crippen LogP contribution in [0.2, 0.25) is 0 Å². The van der Waals surface area contributed by atoms with Gasteiger partial charge in [-0.25, -0.2) is 0 Å². The quantitative estimate of drug-likeness (QED) is 0.903. The zero-order valence-electron chi connectivity index (χ0n) is 9.03. The van der Waals surface area contributed by atoms with Gasteiger partial charge in [0.05, 0.1) is 5.56 Å². The number of hydrogen-bond acceptors (Lipinski definition) is 5. The molecule has 4 nitrogen and oxygen atoms in total. The number of halogens is 3. The van der Waals surface area contributed by atoms with Crippen molar-refractivity contribution in [2.24, 2.45) is 0 Å². The van der Waals surface area contributed by atoms with Crippen LogP contribution >= 0.6 is 11.5 Å². The van der Waals surface area contributed by atoms with Gasteiger partial charge in [0.2, 0.25) is 0 Å². The van der Waals surface area contributed by atoms with Crippen molar-refractivity contribution in [1.29, 1.82) is 0 Å². The number of nitrogens with one attached hydrogen (secondary N) is 1. The van der Waals surface area contributed by atoms with Crippen LogP contribution in [-0.2, 0) is 0 Å². The van der Waals surface area contributed by atoms with Gasteiger partial charge in [-0.05, 0) is 29.2 Å². The number of nitrogen functional groups attached to an aromatic ring is 1. The first-order valence-corrected chi connectivity index (χ1v) is 5.71. The Kier molecular flexibility index (Phi) is 3.37. The maximum absolute atomic E-state index is 12.2. The molecule has 0 aromatic carbocycles. The van der Waals surface area contributed by atoms with Crippen molar-refractivity contribution in [3.8, 4) is 11.1 Å². The van der Waals surface area contributed by atoms with Crippen LogP contribution in [0.4, 0.5) is 24.0 Å². The molecular formula is C10H9F3N4S. The molecule has 0 aliphatic rings. The van der Waals surface area contributed by atoms with Gasteiger partial charge in [0.1, 0.15) is 17.4 Å². The molecule has 18 heavy (non-hydrogen) atoms. The number of aromatic nitrogens is 2. The molecule has 0 unspecified atom stereocenters. The molecule has 2 rings (SSSR count). The van der Waals surface area contributed by atoms with E-state index in [9.17, 15) is 13.2 Å². The monoisotopic (exact) mass is 274 g/mol. The third kappa shape index (κ3) is 2.89.